The van der Waals surface area contributed by atoms with Crippen LogP contribution in [0.1, 0.15) is 23.0 Å². The molecular formula is C16H21Cl2N3O. The van der Waals surface area contributed by atoms with Gasteiger partial charge in [-0.15, -0.1) is 24.8 Å². The third-order valence-electron chi connectivity index (χ3n) is 3.85. The van der Waals surface area contributed by atoms with Crippen LogP contribution in [-0.4, -0.2) is 41.5 Å². The molecule has 1 aliphatic rings. The zero-order chi connectivity index (χ0) is 14.1. The van der Waals surface area contributed by atoms with E-state index in [1.54, 1.807) is 0 Å². The summed E-state index contributed by atoms with van der Waals surface area (Å²) in [6, 6.07) is 10.0. The molecule has 4 nitrogen and oxygen atoms in total. The van der Waals surface area contributed by atoms with Gasteiger partial charge in [-0.1, -0.05) is 18.2 Å². The van der Waals surface area contributed by atoms with Gasteiger partial charge in [-0.25, -0.2) is 0 Å². The van der Waals surface area contributed by atoms with E-state index in [9.17, 15) is 4.79 Å². The predicted octanol–water partition coefficient (Wildman–Crippen LogP) is 2.82. The molecule has 120 valence electrons. The predicted molar refractivity (Wildman–Crippen MR) is 94.3 cm³/mol. The third kappa shape index (κ3) is 3.51. The molecule has 22 heavy (non-hydrogen) atoms. The van der Waals surface area contributed by atoms with E-state index in [0.717, 1.165) is 36.2 Å². The maximum atomic E-state index is 12.8. The number of pyridine rings is 1. The van der Waals surface area contributed by atoms with Gasteiger partial charge in [-0.2, -0.15) is 0 Å². The van der Waals surface area contributed by atoms with Gasteiger partial charge < -0.3 is 10.2 Å². The highest BCUT2D eigenvalue weighted by Gasteiger charge is 2.25. The Balaban J connectivity index is 0.00000121. The molecule has 1 fully saturated rings. The Labute approximate surface area is 143 Å². The minimum atomic E-state index is 0. The minimum Gasteiger partial charge on any atom is -0.333 e. The Morgan fingerprint density at radius 2 is 2.05 bits per heavy atom. The van der Waals surface area contributed by atoms with E-state index in [1.165, 1.54) is 0 Å². The molecule has 1 N–H and O–H groups in total. The maximum Gasteiger partial charge on any atom is 0.256 e. The number of hydrogen-bond donors (Lipinski definition) is 1. The molecule has 1 amide bonds. The molecule has 1 saturated heterocycles. The topological polar surface area (TPSA) is 45.2 Å². The summed E-state index contributed by atoms with van der Waals surface area (Å²) in [5.74, 6) is 0.0858. The average Bonchev–Trinajstić information content (AvgIpc) is 2.46. The molecule has 1 unspecified atom stereocenters. The Morgan fingerprint density at radius 1 is 1.27 bits per heavy atom. The lowest BCUT2D eigenvalue weighted by molar-refractivity contribution is 0.0657. The highest BCUT2D eigenvalue weighted by Crippen LogP contribution is 2.20. The zero-order valence-corrected chi connectivity index (χ0v) is 14.3. The van der Waals surface area contributed by atoms with Crippen LogP contribution in [0.25, 0.3) is 10.9 Å². The Morgan fingerprint density at radius 3 is 2.77 bits per heavy atom. The third-order valence-corrected chi connectivity index (χ3v) is 3.85. The lowest BCUT2D eigenvalue weighted by Gasteiger charge is -2.34. The fraction of sp³-hybridized carbons (Fsp3) is 0.375. The Bertz CT molecular complexity index is 663. The normalized spacial score (nSPS) is 17.5. The summed E-state index contributed by atoms with van der Waals surface area (Å²) in [6.45, 7) is 6.49. The van der Waals surface area contributed by atoms with Crippen molar-refractivity contribution in [3.8, 4) is 0 Å². The van der Waals surface area contributed by atoms with Crippen LogP contribution in [0.15, 0.2) is 30.3 Å². The van der Waals surface area contributed by atoms with E-state index in [4.69, 9.17) is 0 Å². The number of aromatic nitrogens is 1. The minimum absolute atomic E-state index is 0. The first-order chi connectivity index (χ1) is 9.66. The molecule has 2 heterocycles. The second-order valence-electron chi connectivity index (χ2n) is 5.38. The number of fused-ring (bicyclic) bond motifs is 1. The quantitative estimate of drug-likeness (QED) is 0.867. The van der Waals surface area contributed by atoms with Crippen molar-refractivity contribution in [2.75, 3.05) is 19.6 Å². The molecular weight excluding hydrogens is 321 g/mol. The number of nitrogens with one attached hydrogen (secondary N) is 1. The number of rotatable bonds is 1. The summed E-state index contributed by atoms with van der Waals surface area (Å²) in [5, 5.41) is 4.33. The summed E-state index contributed by atoms with van der Waals surface area (Å²) < 4.78 is 0. The van der Waals surface area contributed by atoms with Gasteiger partial charge in [0.05, 0.1) is 11.1 Å². The van der Waals surface area contributed by atoms with Crippen LogP contribution in [0.4, 0.5) is 0 Å². The second kappa shape index (κ2) is 7.77. The van der Waals surface area contributed by atoms with Gasteiger partial charge in [0.1, 0.15) is 0 Å². The molecule has 1 aromatic heterocycles. The zero-order valence-electron chi connectivity index (χ0n) is 12.7. The number of aryl methyl sites for hydroxylation is 1. The molecule has 3 rings (SSSR count). The molecule has 6 heteroatoms. The number of carbonyl (C=O) groups is 1. The van der Waals surface area contributed by atoms with Gasteiger partial charge in [0.2, 0.25) is 0 Å². The highest BCUT2D eigenvalue weighted by molar-refractivity contribution is 6.05. The molecule has 0 bridgehead atoms. The number of benzene rings is 1. The molecule has 1 atom stereocenters. The monoisotopic (exact) mass is 341 g/mol. The van der Waals surface area contributed by atoms with E-state index >= 15 is 0 Å². The fourth-order valence-electron chi connectivity index (χ4n) is 2.71. The van der Waals surface area contributed by atoms with Gasteiger partial charge in [0, 0.05) is 36.8 Å². The Hall–Kier alpha value is -1.36. The van der Waals surface area contributed by atoms with Crippen LogP contribution >= 0.6 is 24.8 Å². The SMILES string of the molecule is Cc1ccc2cccc(C(=O)N3CCNCC3C)c2n1.Cl.Cl. The summed E-state index contributed by atoms with van der Waals surface area (Å²) in [7, 11) is 0. The van der Waals surface area contributed by atoms with Crippen LogP contribution in [0, 0.1) is 6.92 Å². The molecule has 0 radical (unpaired) electrons. The maximum absolute atomic E-state index is 12.8. The second-order valence-corrected chi connectivity index (χ2v) is 5.38. The fourth-order valence-corrected chi connectivity index (χ4v) is 2.71. The van der Waals surface area contributed by atoms with Crippen molar-refractivity contribution >= 4 is 41.6 Å². The number of hydrogen-bond acceptors (Lipinski definition) is 3. The van der Waals surface area contributed by atoms with Gasteiger partial charge >= 0.3 is 0 Å². The summed E-state index contributed by atoms with van der Waals surface area (Å²) >= 11 is 0. The van der Waals surface area contributed by atoms with Gasteiger partial charge in [-0.3, -0.25) is 9.78 Å². The molecule has 2 aromatic rings. The number of amides is 1. The molecule has 1 aromatic carbocycles. The van der Waals surface area contributed by atoms with Crippen molar-refractivity contribution < 1.29 is 4.79 Å². The van der Waals surface area contributed by atoms with Crippen molar-refractivity contribution in [1.29, 1.82) is 0 Å². The first-order valence-corrected chi connectivity index (χ1v) is 7.05. The summed E-state index contributed by atoms with van der Waals surface area (Å²) in [4.78, 5) is 19.3. The van der Waals surface area contributed by atoms with Crippen molar-refractivity contribution in [1.82, 2.24) is 15.2 Å². The van der Waals surface area contributed by atoms with Gasteiger partial charge in [0.15, 0.2) is 0 Å². The van der Waals surface area contributed by atoms with Crippen LogP contribution in [-0.2, 0) is 0 Å². The highest BCUT2D eigenvalue weighted by atomic mass is 35.5. The summed E-state index contributed by atoms with van der Waals surface area (Å²) in [5.41, 5.74) is 2.45. The first-order valence-electron chi connectivity index (χ1n) is 7.05. The van der Waals surface area contributed by atoms with E-state index in [2.05, 4.69) is 17.2 Å². The largest absolute Gasteiger partial charge is 0.333 e. The van der Waals surface area contributed by atoms with Crippen molar-refractivity contribution in [3.63, 3.8) is 0 Å². The summed E-state index contributed by atoms with van der Waals surface area (Å²) in [6.07, 6.45) is 0. The van der Waals surface area contributed by atoms with E-state index < -0.39 is 0 Å². The molecule has 0 aliphatic carbocycles. The number of halogens is 2. The smallest absolute Gasteiger partial charge is 0.256 e. The van der Waals surface area contributed by atoms with Gasteiger partial charge in [0.25, 0.3) is 5.91 Å². The number of carbonyl (C=O) groups excluding carboxylic acids is 1. The van der Waals surface area contributed by atoms with Crippen LogP contribution < -0.4 is 5.32 Å². The van der Waals surface area contributed by atoms with Gasteiger partial charge in [-0.05, 0) is 26.0 Å². The van der Waals surface area contributed by atoms with Crippen LogP contribution in [0.3, 0.4) is 0 Å². The van der Waals surface area contributed by atoms with E-state index in [0.29, 0.717) is 5.56 Å². The lowest BCUT2D eigenvalue weighted by Crippen LogP contribution is -2.52. The molecule has 1 aliphatic heterocycles. The van der Waals surface area contributed by atoms with E-state index in [1.807, 2.05) is 42.2 Å². The van der Waals surface area contributed by atoms with Crippen LogP contribution in [0.2, 0.25) is 0 Å². The van der Waals surface area contributed by atoms with E-state index in [-0.39, 0.29) is 36.8 Å². The molecule has 0 spiro atoms. The average molecular weight is 342 g/mol. The number of piperazine rings is 1. The van der Waals surface area contributed by atoms with Crippen LogP contribution in [0.5, 0.6) is 0 Å². The van der Waals surface area contributed by atoms with Crippen molar-refractivity contribution in [2.45, 2.75) is 19.9 Å². The van der Waals surface area contributed by atoms with Crippen molar-refractivity contribution in [2.24, 2.45) is 0 Å². The standard InChI is InChI=1S/C16H19N3O.2ClH/c1-11-6-7-13-4-3-5-14(15(13)18-11)16(20)19-9-8-17-10-12(19)2;;/h3-7,12,17H,8-10H2,1-2H3;2*1H. The number of nitrogens with zero attached hydrogens (tertiary/aromatic N) is 2. The van der Waals surface area contributed by atoms with Crippen molar-refractivity contribution in [3.05, 3.63) is 41.6 Å². The number of para-hydroxylation sites is 1. The first kappa shape index (κ1) is 18.7. The molecule has 0 saturated carbocycles. The lowest BCUT2D eigenvalue weighted by atomic mass is 10.1. The Kier molecular flexibility index (Phi) is 6.60.